The Kier molecular flexibility index (Phi) is 6.34. The number of ketones is 1. The minimum atomic E-state index is 0.0813. The van der Waals surface area contributed by atoms with Gasteiger partial charge in [-0.1, -0.05) is 25.1 Å². The first kappa shape index (κ1) is 16.4. The Balaban J connectivity index is 2.05. The van der Waals surface area contributed by atoms with E-state index in [1.807, 2.05) is 37.3 Å². The molecule has 0 saturated carbocycles. The first-order valence-electron chi connectivity index (χ1n) is 7.26. The van der Waals surface area contributed by atoms with Crippen LogP contribution < -0.4 is 9.47 Å². The maximum absolute atomic E-state index is 12.3. The highest BCUT2D eigenvalue weighted by atomic mass is 32.2. The van der Waals surface area contributed by atoms with Crippen molar-refractivity contribution < 1.29 is 14.3 Å². The van der Waals surface area contributed by atoms with Crippen LogP contribution in [0.1, 0.15) is 23.7 Å². The summed E-state index contributed by atoms with van der Waals surface area (Å²) in [5, 5.41) is 0. The highest BCUT2D eigenvalue weighted by Crippen LogP contribution is 2.29. The Bertz CT molecular complexity index is 611. The van der Waals surface area contributed by atoms with Crippen LogP contribution in [0.25, 0.3) is 0 Å². The molecule has 0 aliphatic heterocycles. The van der Waals surface area contributed by atoms with Gasteiger partial charge in [0, 0.05) is 10.5 Å². The summed E-state index contributed by atoms with van der Waals surface area (Å²) in [6.07, 6.45) is 0.908. The maximum atomic E-state index is 12.3. The molecule has 0 aliphatic carbocycles. The normalized spacial score (nSPS) is 10.3. The van der Waals surface area contributed by atoms with Crippen LogP contribution >= 0.6 is 11.8 Å². The van der Waals surface area contributed by atoms with Crippen LogP contribution in [-0.4, -0.2) is 25.3 Å². The van der Waals surface area contributed by atoms with Crippen LogP contribution in [0.2, 0.25) is 0 Å². The smallest absolute Gasteiger partial charge is 0.173 e. The molecule has 22 heavy (non-hydrogen) atoms. The van der Waals surface area contributed by atoms with Gasteiger partial charge in [-0.05, 0) is 36.8 Å². The molecule has 4 heteroatoms. The average molecular weight is 316 g/mol. The van der Waals surface area contributed by atoms with Crippen molar-refractivity contribution in [3.63, 3.8) is 0 Å². The molecule has 0 amide bonds. The van der Waals surface area contributed by atoms with E-state index < -0.39 is 0 Å². The molecule has 0 saturated heterocycles. The van der Waals surface area contributed by atoms with Gasteiger partial charge in [-0.15, -0.1) is 11.8 Å². The fourth-order valence-corrected chi connectivity index (χ4v) is 2.74. The zero-order chi connectivity index (χ0) is 15.8. The van der Waals surface area contributed by atoms with Gasteiger partial charge >= 0.3 is 0 Å². The SMILES string of the molecule is CCCOc1cc(C(=O)CSc2ccccc2)ccc1OC. The van der Waals surface area contributed by atoms with Crippen molar-refractivity contribution in [2.75, 3.05) is 19.5 Å². The van der Waals surface area contributed by atoms with Gasteiger partial charge in [0.1, 0.15) is 0 Å². The highest BCUT2D eigenvalue weighted by molar-refractivity contribution is 8.00. The Morgan fingerprint density at radius 1 is 1.09 bits per heavy atom. The third kappa shape index (κ3) is 4.53. The number of hydrogen-bond donors (Lipinski definition) is 0. The van der Waals surface area contributed by atoms with Gasteiger partial charge in [-0.3, -0.25) is 4.79 Å². The fraction of sp³-hybridized carbons (Fsp3) is 0.278. The van der Waals surface area contributed by atoms with Gasteiger partial charge in [0.25, 0.3) is 0 Å². The lowest BCUT2D eigenvalue weighted by Gasteiger charge is -2.11. The van der Waals surface area contributed by atoms with Crippen LogP contribution in [0.3, 0.4) is 0 Å². The van der Waals surface area contributed by atoms with Gasteiger partial charge in [-0.2, -0.15) is 0 Å². The Morgan fingerprint density at radius 3 is 2.55 bits per heavy atom. The van der Waals surface area contributed by atoms with Crippen molar-refractivity contribution in [3.05, 3.63) is 54.1 Å². The quantitative estimate of drug-likeness (QED) is 0.532. The number of ether oxygens (including phenoxy) is 2. The third-order valence-electron chi connectivity index (χ3n) is 3.06. The van der Waals surface area contributed by atoms with Gasteiger partial charge in [0.2, 0.25) is 0 Å². The van der Waals surface area contributed by atoms with E-state index in [0.29, 0.717) is 29.4 Å². The summed E-state index contributed by atoms with van der Waals surface area (Å²) >= 11 is 1.54. The van der Waals surface area contributed by atoms with Crippen molar-refractivity contribution in [3.8, 4) is 11.5 Å². The standard InChI is InChI=1S/C18H20O3S/c1-3-11-21-18-12-14(9-10-17(18)20-2)16(19)13-22-15-7-5-4-6-8-15/h4-10,12H,3,11,13H2,1-2H3. The first-order valence-corrected chi connectivity index (χ1v) is 8.25. The summed E-state index contributed by atoms with van der Waals surface area (Å²) in [7, 11) is 1.60. The summed E-state index contributed by atoms with van der Waals surface area (Å²) < 4.78 is 10.9. The van der Waals surface area contributed by atoms with Crippen molar-refractivity contribution in [2.45, 2.75) is 18.2 Å². The molecule has 0 heterocycles. The predicted molar refractivity (Wildman–Crippen MR) is 90.3 cm³/mol. The van der Waals surface area contributed by atoms with Gasteiger partial charge in [-0.25, -0.2) is 0 Å². The van der Waals surface area contributed by atoms with Crippen molar-refractivity contribution in [1.29, 1.82) is 0 Å². The van der Waals surface area contributed by atoms with E-state index in [9.17, 15) is 4.79 Å². The van der Waals surface area contributed by atoms with Crippen molar-refractivity contribution in [2.24, 2.45) is 0 Å². The molecule has 2 aromatic rings. The van der Waals surface area contributed by atoms with Crippen LogP contribution in [0.4, 0.5) is 0 Å². The van der Waals surface area contributed by atoms with Crippen LogP contribution in [0.5, 0.6) is 11.5 Å². The van der Waals surface area contributed by atoms with Gasteiger partial charge in [0.05, 0.1) is 19.5 Å². The van der Waals surface area contributed by atoms with Crippen molar-refractivity contribution >= 4 is 17.5 Å². The molecular weight excluding hydrogens is 296 g/mol. The Labute approximate surface area is 135 Å². The molecule has 2 aromatic carbocycles. The van der Waals surface area contributed by atoms with E-state index in [1.54, 1.807) is 25.3 Å². The predicted octanol–water partition coefficient (Wildman–Crippen LogP) is 4.46. The molecule has 0 aromatic heterocycles. The first-order chi connectivity index (χ1) is 10.7. The van der Waals surface area contributed by atoms with E-state index in [-0.39, 0.29) is 5.78 Å². The summed E-state index contributed by atoms with van der Waals surface area (Å²) in [6, 6.07) is 15.2. The molecule has 0 fully saturated rings. The monoisotopic (exact) mass is 316 g/mol. The van der Waals surface area contributed by atoms with Crippen LogP contribution in [-0.2, 0) is 0 Å². The van der Waals surface area contributed by atoms with Crippen molar-refractivity contribution in [1.82, 2.24) is 0 Å². The van der Waals surface area contributed by atoms with Gasteiger partial charge < -0.3 is 9.47 Å². The van der Waals surface area contributed by atoms with E-state index in [4.69, 9.17) is 9.47 Å². The minimum absolute atomic E-state index is 0.0813. The zero-order valence-corrected chi connectivity index (χ0v) is 13.7. The second-order valence-electron chi connectivity index (χ2n) is 4.74. The summed E-state index contributed by atoms with van der Waals surface area (Å²) in [5.74, 6) is 1.77. The molecule has 0 unspecified atom stereocenters. The number of Topliss-reactive ketones (excluding diaryl/α,β-unsaturated/α-hetero) is 1. The molecule has 3 nitrogen and oxygen atoms in total. The number of benzene rings is 2. The Hall–Kier alpha value is -1.94. The lowest BCUT2D eigenvalue weighted by molar-refractivity contribution is 0.102. The van der Waals surface area contributed by atoms with E-state index >= 15 is 0 Å². The van der Waals surface area contributed by atoms with Gasteiger partial charge in [0.15, 0.2) is 17.3 Å². The second kappa shape index (κ2) is 8.49. The second-order valence-corrected chi connectivity index (χ2v) is 5.79. The third-order valence-corrected chi connectivity index (χ3v) is 4.07. The molecule has 0 atom stereocenters. The van der Waals surface area contributed by atoms with E-state index in [2.05, 4.69) is 0 Å². The molecule has 0 bridgehead atoms. The number of rotatable bonds is 8. The molecule has 0 spiro atoms. The largest absolute Gasteiger partial charge is 0.493 e. The molecule has 0 N–H and O–H groups in total. The summed E-state index contributed by atoms with van der Waals surface area (Å²) in [6.45, 7) is 2.64. The molecule has 0 aliphatic rings. The molecule has 0 radical (unpaired) electrons. The lowest BCUT2D eigenvalue weighted by Crippen LogP contribution is -2.04. The zero-order valence-electron chi connectivity index (χ0n) is 12.9. The number of carbonyl (C=O) groups is 1. The summed E-state index contributed by atoms with van der Waals surface area (Å²) in [4.78, 5) is 13.4. The topological polar surface area (TPSA) is 35.5 Å². The number of methoxy groups -OCH3 is 1. The van der Waals surface area contributed by atoms with Crippen LogP contribution in [0, 0.1) is 0 Å². The molecule has 116 valence electrons. The molecular formula is C18H20O3S. The summed E-state index contributed by atoms with van der Waals surface area (Å²) in [5.41, 5.74) is 0.648. The molecule has 2 rings (SSSR count). The van der Waals surface area contributed by atoms with Crippen LogP contribution in [0.15, 0.2) is 53.4 Å². The van der Waals surface area contributed by atoms with E-state index in [0.717, 1.165) is 11.3 Å². The Morgan fingerprint density at radius 2 is 1.86 bits per heavy atom. The fourth-order valence-electron chi connectivity index (χ4n) is 1.92. The maximum Gasteiger partial charge on any atom is 0.173 e. The number of hydrogen-bond acceptors (Lipinski definition) is 4. The lowest BCUT2D eigenvalue weighted by atomic mass is 10.1. The number of thioether (sulfide) groups is 1. The van der Waals surface area contributed by atoms with E-state index in [1.165, 1.54) is 11.8 Å². The number of carbonyl (C=O) groups excluding carboxylic acids is 1. The average Bonchev–Trinajstić information content (AvgIpc) is 2.58. The minimum Gasteiger partial charge on any atom is -0.493 e. The highest BCUT2D eigenvalue weighted by Gasteiger charge is 2.11.